The highest BCUT2D eigenvalue weighted by atomic mass is 16.1. The minimum absolute atomic E-state index is 0.119. The fraction of sp³-hybridized carbons (Fsp3) is 0.929. The van der Waals surface area contributed by atoms with E-state index in [2.05, 4.69) is 17.6 Å². The van der Waals surface area contributed by atoms with E-state index in [0.29, 0.717) is 19.0 Å². The van der Waals surface area contributed by atoms with Crippen LogP contribution in [0.15, 0.2) is 0 Å². The molecule has 0 aromatic heterocycles. The lowest BCUT2D eigenvalue weighted by Crippen LogP contribution is -2.45. The van der Waals surface area contributed by atoms with Gasteiger partial charge >= 0.3 is 0 Å². The van der Waals surface area contributed by atoms with E-state index in [1.807, 2.05) is 0 Å². The van der Waals surface area contributed by atoms with Crippen molar-refractivity contribution in [1.82, 2.24) is 10.6 Å². The molecular formula is C14H29N3O. The van der Waals surface area contributed by atoms with Gasteiger partial charge in [-0.3, -0.25) is 4.79 Å². The van der Waals surface area contributed by atoms with Crippen LogP contribution in [-0.4, -0.2) is 31.1 Å². The Morgan fingerprint density at radius 1 is 1.28 bits per heavy atom. The first-order valence-corrected chi connectivity index (χ1v) is 7.49. The van der Waals surface area contributed by atoms with E-state index >= 15 is 0 Å². The molecule has 4 nitrogen and oxygen atoms in total. The van der Waals surface area contributed by atoms with Crippen LogP contribution in [0, 0.1) is 0 Å². The smallest absolute Gasteiger partial charge is 0.221 e. The average Bonchev–Trinajstić information content (AvgIpc) is 2.64. The van der Waals surface area contributed by atoms with Crippen LogP contribution in [0.3, 0.4) is 0 Å². The summed E-state index contributed by atoms with van der Waals surface area (Å²) in [5.74, 6) is 0.119. The van der Waals surface area contributed by atoms with E-state index < -0.39 is 0 Å². The zero-order valence-electron chi connectivity index (χ0n) is 11.7. The third kappa shape index (κ3) is 6.36. The maximum Gasteiger partial charge on any atom is 0.221 e. The van der Waals surface area contributed by atoms with Crippen molar-refractivity contribution in [3.8, 4) is 0 Å². The molecule has 1 rings (SSSR count). The molecule has 1 saturated carbocycles. The van der Waals surface area contributed by atoms with Crippen molar-refractivity contribution in [3.05, 3.63) is 0 Å². The fourth-order valence-corrected chi connectivity index (χ4v) is 2.55. The molecule has 0 spiro atoms. The van der Waals surface area contributed by atoms with Gasteiger partial charge in [-0.05, 0) is 19.3 Å². The molecule has 1 aliphatic carbocycles. The van der Waals surface area contributed by atoms with Crippen LogP contribution in [0.2, 0.25) is 0 Å². The van der Waals surface area contributed by atoms with Gasteiger partial charge in [0.1, 0.15) is 0 Å². The van der Waals surface area contributed by atoms with Crippen molar-refractivity contribution in [2.75, 3.05) is 13.1 Å². The van der Waals surface area contributed by atoms with Gasteiger partial charge in [0, 0.05) is 31.6 Å². The lowest BCUT2D eigenvalue weighted by Gasteiger charge is -2.23. The van der Waals surface area contributed by atoms with E-state index in [9.17, 15) is 4.79 Å². The summed E-state index contributed by atoms with van der Waals surface area (Å²) in [4.78, 5) is 11.7. The molecule has 106 valence electrons. The van der Waals surface area contributed by atoms with Gasteiger partial charge < -0.3 is 16.4 Å². The Bertz CT molecular complexity index is 225. The number of nitrogens with one attached hydrogen (secondary N) is 2. The summed E-state index contributed by atoms with van der Waals surface area (Å²) in [6, 6.07) is 0.685. The Labute approximate surface area is 111 Å². The molecule has 1 amide bonds. The highest BCUT2D eigenvalue weighted by Gasteiger charge is 2.18. The van der Waals surface area contributed by atoms with E-state index in [1.165, 1.54) is 38.5 Å². The van der Waals surface area contributed by atoms with Crippen molar-refractivity contribution < 1.29 is 4.79 Å². The topological polar surface area (TPSA) is 67.2 Å². The molecule has 1 aliphatic rings. The van der Waals surface area contributed by atoms with E-state index in [-0.39, 0.29) is 11.9 Å². The summed E-state index contributed by atoms with van der Waals surface area (Å²) in [6.45, 7) is 3.36. The van der Waals surface area contributed by atoms with Gasteiger partial charge in [0.05, 0.1) is 0 Å². The minimum atomic E-state index is 0.119. The Hall–Kier alpha value is -0.610. The van der Waals surface area contributed by atoms with Gasteiger partial charge in [0.15, 0.2) is 0 Å². The van der Waals surface area contributed by atoms with Gasteiger partial charge in [-0.1, -0.05) is 32.6 Å². The number of rotatable bonds is 7. The number of nitrogens with two attached hydrogens (primary N) is 1. The zero-order valence-corrected chi connectivity index (χ0v) is 11.7. The molecule has 4 heteroatoms. The van der Waals surface area contributed by atoms with E-state index in [1.54, 1.807) is 0 Å². The van der Waals surface area contributed by atoms with Crippen molar-refractivity contribution in [1.29, 1.82) is 0 Å². The Kier molecular flexibility index (Phi) is 8.01. The van der Waals surface area contributed by atoms with Gasteiger partial charge in [0.25, 0.3) is 0 Å². The molecule has 1 atom stereocenters. The van der Waals surface area contributed by atoms with Gasteiger partial charge in [-0.25, -0.2) is 0 Å². The standard InChI is InChI=1S/C14H29N3O/c1-2-9-16-14(18)10-13(11-15)17-12-7-5-3-4-6-8-12/h12-13,17H,2-11,15H2,1H3,(H,16,18). The number of carbonyl (C=O) groups excluding carboxylic acids is 1. The van der Waals surface area contributed by atoms with E-state index in [4.69, 9.17) is 5.73 Å². The molecule has 1 fully saturated rings. The summed E-state index contributed by atoms with van der Waals surface area (Å²) in [5, 5.41) is 6.48. The first-order valence-electron chi connectivity index (χ1n) is 7.49. The Morgan fingerprint density at radius 3 is 2.50 bits per heavy atom. The Balaban J connectivity index is 2.28. The maximum absolute atomic E-state index is 11.7. The van der Waals surface area contributed by atoms with Crippen molar-refractivity contribution in [3.63, 3.8) is 0 Å². The third-order valence-corrected chi connectivity index (χ3v) is 3.62. The fourth-order valence-electron chi connectivity index (χ4n) is 2.55. The molecule has 0 bridgehead atoms. The number of hydrogen-bond donors (Lipinski definition) is 3. The maximum atomic E-state index is 11.7. The number of amides is 1. The van der Waals surface area contributed by atoms with Crippen LogP contribution in [0.25, 0.3) is 0 Å². The van der Waals surface area contributed by atoms with Gasteiger partial charge in [-0.15, -0.1) is 0 Å². The second kappa shape index (κ2) is 9.34. The van der Waals surface area contributed by atoms with Gasteiger partial charge in [0.2, 0.25) is 5.91 Å². The second-order valence-electron chi connectivity index (χ2n) is 5.34. The summed E-state index contributed by atoms with van der Waals surface area (Å²) >= 11 is 0. The number of hydrogen-bond acceptors (Lipinski definition) is 3. The average molecular weight is 255 g/mol. The van der Waals surface area contributed by atoms with Crippen LogP contribution in [0.5, 0.6) is 0 Å². The highest BCUT2D eigenvalue weighted by molar-refractivity contribution is 5.76. The molecule has 0 heterocycles. The lowest BCUT2D eigenvalue weighted by atomic mass is 10.1. The van der Waals surface area contributed by atoms with Crippen LogP contribution < -0.4 is 16.4 Å². The van der Waals surface area contributed by atoms with E-state index in [0.717, 1.165) is 13.0 Å². The van der Waals surface area contributed by atoms with Crippen LogP contribution in [-0.2, 0) is 4.79 Å². The highest BCUT2D eigenvalue weighted by Crippen LogP contribution is 2.17. The van der Waals surface area contributed by atoms with Crippen molar-refractivity contribution in [2.45, 2.75) is 70.4 Å². The molecule has 0 radical (unpaired) electrons. The SMILES string of the molecule is CCCNC(=O)CC(CN)NC1CCCCCC1. The molecule has 1 unspecified atom stereocenters. The van der Waals surface area contributed by atoms with Crippen molar-refractivity contribution in [2.24, 2.45) is 5.73 Å². The predicted molar refractivity (Wildman–Crippen MR) is 75.4 cm³/mol. The molecule has 0 aromatic carbocycles. The first-order chi connectivity index (χ1) is 8.76. The summed E-state index contributed by atoms with van der Waals surface area (Å²) in [7, 11) is 0. The van der Waals surface area contributed by atoms with Crippen molar-refractivity contribution >= 4 is 5.91 Å². The summed E-state index contributed by atoms with van der Waals surface area (Å²) in [5.41, 5.74) is 5.76. The minimum Gasteiger partial charge on any atom is -0.356 e. The lowest BCUT2D eigenvalue weighted by molar-refractivity contribution is -0.121. The number of carbonyl (C=O) groups is 1. The van der Waals surface area contributed by atoms with Gasteiger partial charge in [-0.2, -0.15) is 0 Å². The Morgan fingerprint density at radius 2 is 1.94 bits per heavy atom. The molecular weight excluding hydrogens is 226 g/mol. The second-order valence-corrected chi connectivity index (χ2v) is 5.34. The molecule has 4 N–H and O–H groups in total. The molecule has 18 heavy (non-hydrogen) atoms. The molecule has 0 aliphatic heterocycles. The molecule has 0 saturated heterocycles. The van der Waals surface area contributed by atoms with Crippen LogP contribution in [0.1, 0.15) is 58.3 Å². The normalized spacial score (nSPS) is 19.2. The monoisotopic (exact) mass is 255 g/mol. The summed E-state index contributed by atoms with van der Waals surface area (Å²) < 4.78 is 0. The third-order valence-electron chi connectivity index (χ3n) is 3.62. The predicted octanol–water partition coefficient (Wildman–Crippen LogP) is 1.54. The zero-order chi connectivity index (χ0) is 13.2. The molecule has 0 aromatic rings. The largest absolute Gasteiger partial charge is 0.356 e. The first kappa shape index (κ1) is 15.4. The quantitative estimate of drug-likeness (QED) is 0.605. The van der Waals surface area contributed by atoms with Crippen LogP contribution >= 0.6 is 0 Å². The van der Waals surface area contributed by atoms with Crippen LogP contribution in [0.4, 0.5) is 0 Å². The summed E-state index contributed by atoms with van der Waals surface area (Å²) in [6.07, 6.45) is 9.25.